The molecule has 0 spiro atoms. The quantitative estimate of drug-likeness (QED) is 0.419. The van der Waals surface area contributed by atoms with Gasteiger partial charge in [-0.15, -0.1) is 0 Å². The summed E-state index contributed by atoms with van der Waals surface area (Å²) in [6, 6.07) is 1.22. The van der Waals surface area contributed by atoms with E-state index in [9.17, 15) is 0 Å². The Morgan fingerprint density at radius 1 is 0.909 bits per heavy atom. The van der Waals surface area contributed by atoms with Gasteiger partial charge in [0.05, 0.1) is 0 Å². The van der Waals surface area contributed by atoms with E-state index in [2.05, 4.69) is 20.4 Å². The average Bonchev–Trinajstić information content (AvgIpc) is 2.76. The van der Waals surface area contributed by atoms with Gasteiger partial charge in [-0.3, -0.25) is 0 Å². The molecule has 2 rings (SSSR count). The minimum absolute atomic E-state index is 0.397. The van der Waals surface area contributed by atoms with Gasteiger partial charge in [0.2, 0.25) is 0 Å². The zero-order valence-electron chi connectivity index (χ0n) is 15.2. The minimum Gasteiger partial charge on any atom is -0.395 e. The second-order valence-electron chi connectivity index (χ2n) is 7.85. The van der Waals surface area contributed by atoms with E-state index in [0.29, 0.717) is 6.10 Å². The summed E-state index contributed by atoms with van der Waals surface area (Å²) < 4.78 is 12.9. The van der Waals surface area contributed by atoms with E-state index in [0.717, 1.165) is 18.4 Å². The van der Waals surface area contributed by atoms with E-state index >= 15 is 0 Å². The lowest BCUT2D eigenvalue weighted by atomic mass is 9.86. The largest absolute Gasteiger partial charge is 0.395 e. The molecule has 130 valence electrons. The Labute approximate surface area is 139 Å². The van der Waals surface area contributed by atoms with Crippen LogP contribution in [0.15, 0.2) is 0 Å². The van der Waals surface area contributed by atoms with Gasteiger partial charge in [-0.05, 0) is 51.1 Å². The van der Waals surface area contributed by atoms with Gasteiger partial charge in [0.25, 0.3) is 0 Å². The molecule has 2 nitrogen and oxygen atoms in total. The molecule has 0 aromatic heterocycles. The van der Waals surface area contributed by atoms with Crippen molar-refractivity contribution >= 4 is 8.56 Å². The highest BCUT2D eigenvalue weighted by atomic mass is 28.4. The highest BCUT2D eigenvalue weighted by Crippen LogP contribution is 2.34. The van der Waals surface area contributed by atoms with Crippen LogP contribution in [0, 0.1) is 11.8 Å². The summed E-state index contributed by atoms with van der Waals surface area (Å²) in [5, 5.41) is 0. The highest BCUT2D eigenvalue weighted by Gasteiger charge is 2.38. The maximum Gasteiger partial charge on any atom is 0.335 e. The van der Waals surface area contributed by atoms with Crippen molar-refractivity contribution in [3.05, 3.63) is 0 Å². The Morgan fingerprint density at radius 3 is 2.05 bits per heavy atom. The monoisotopic (exact) mass is 326 g/mol. The van der Waals surface area contributed by atoms with E-state index in [1.807, 2.05) is 0 Å². The van der Waals surface area contributed by atoms with Gasteiger partial charge >= 0.3 is 8.56 Å². The zero-order chi connectivity index (χ0) is 15.8. The third-order valence-corrected chi connectivity index (χ3v) is 8.92. The number of rotatable bonds is 7. The molecule has 2 atom stereocenters. The molecule has 2 saturated carbocycles. The van der Waals surface area contributed by atoms with E-state index < -0.39 is 8.56 Å². The molecule has 2 unspecified atom stereocenters. The first-order valence-corrected chi connectivity index (χ1v) is 12.5. The van der Waals surface area contributed by atoms with Crippen LogP contribution in [0.2, 0.25) is 12.6 Å². The van der Waals surface area contributed by atoms with Crippen LogP contribution in [0.4, 0.5) is 0 Å². The van der Waals surface area contributed by atoms with E-state index in [4.69, 9.17) is 8.85 Å². The fourth-order valence-electron chi connectivity index (χ4n) is 4.63. The second kappa shape index (κ2) is 9.44. The molecule has 0 saturated heterocycles. The molecule has 0 N–H and O–H groups in total. The van der Waals surface area contributed by atoms with Gasteiger partial charge in [-0.1, -0.05) is 57.8 Å². The molecule has 2 aliphatic rings. The summed E-state index contributed by atoms with van der Waals surface area (Å²) in [5.41, 5.74) is 0. The van der Waals surface area contributed by atoms with Crippen LogP contribution in [-0.4, -0.2) is 21.3 Å². The van der Waals surface area contributed by atoms with Gasteiger partial charge in [0.15, 0.2) is 0 Å². The molecule has 0 aliphatic heterocycles. The minimum atomic E-state index is -2.01. The first kappa shape index (κ1) is 18.5. The van der Waals surface area contributed by atoms with Crippen LogP contribution >= 0.6 is 0 Å². The summed E-state index contributed by atoms with van der Waals surface area (Å²) in [6.07, 6.45) is 15.8. The van der Waals surface area contributed by atoms with Gasteiger partial charge in [0, 0.05) is 12.7 Å². The Hall–Kier alpha value is 0.137. The molecule has 3 heteroatoms. The summed E-state index contributed by atoms with van der Waals surface area (Å²) in [6.45, 7) is 7.59. The highest BCUT2D eigenvalue weighted by molar-refractivity contribution is 6.66. The Morgan fingerprint density at radius 2 is 1.45 bits per heavy atom. The van der Waals surface area contributed by atoms with Crippen LogP contribution in [0.5, 0.6) is 0 Å². The van der Waals surface area contributed by atoms with Crippen molar-refractivity contribution in [3.63, 3.8) is 0 Å². The molecule has 0 amide bonds. The molecule has 0 aromatic rings. The standard InChI is InChI=1S/C19H38O2Si/c1-4-20-22(3,16-18-12-8-5-6-9-13-18)21-17(2)19-14-10-7-11-15-19/h17-19H,4-16H2,1-3H3. The Balaban J connectivity index is 1.90. The molecule has 0 bridgehead atoms. The lowest BCUT2D eigenvalue weighted by Crippen LogP contribution is -2.45. The van der Waals surface area contributed by atoms with Crippen molar-refractivity contribution < 1.29 is 8.85 Å². The van der Waals surface area contributed by atoms with Crippen molar-refractivity contribution in [3.8, 4) is 0 Å². The maximum absolute atomic E-state index is 6.68. The van der Waals surface area contributed by atoms with Gasteiger partial charge in [-0.25, -0.2) is 0 Å². The van der Waals surface area contributed by atoms with Crippen LogP contribution in [0.3, 0.4) is 0 Å². The van der Waals surface area contributed by atoms with E-state index in [1.54, 1.807) is 0 Å². The number of hydrogen-bond acceptors (Lipinski definition) is 2. The fourth-order valence-corrected chi connectivity index (χ4v) is 7.96. The molecule has 2 fully saturated rings. The molecule has 0 aromatic carbocycles. The maximum atomic E-state index is 6.68. The first-order chi connectivity index (χ1) is 10.6. The topological polar surface area (TPSA) is 18.5 Å². The number of hydrogen-bond donors (Lipinski definition) is 0. The molecule has 2 aliphatic carbocycles. The first-order valence-electron chi connectivity index (χ1n) is 9.95. The van der Waals surface area contributed by atoms with Crippen LogP contribution in [0.1, 0.15) is 84.5 Å². The second-order valence-corrected chi connectivity index (χ2v) is 11.0. The summed E-state index contributed by atoms with van der Waals surface area (Å²) in [7, 11) is -2.01. The van der Waals surface area contributed by atoms with Crippen molar-refractivity contribution in [1.82, 2.24) is 0 Å². The zero-order valence-corrected chi connectivity index (χ0v) is 16.2. The lowest BCUT2D eigenvalue weighted by molar-refractivity contribution is 0.0707. The lowest BCUT2D eigenvalue weighted by Gasteiger charge is -2.36. The van der Waals surface area contributed by atoms with E-state index in [-0.39, 0.29) is 0 Å². The Bertz CT molecular complexity index is 296. The summed E-state index contributed by atoms with van der Waals surface area (Å²) in [4.78, 5) is 0. The van der Waals surface area contributed by atoms with E-state index in [1.165, 1.54) is 76.7 Å². The Kier molecular flexibility index (Phi) is 7.92. The average molecular weight is 327 g/mol. The predicted molar refractivity (Wildman–Crippen MR) is 96.4 cm³/mol. The van der Waals surface area contributed by atoms with Crippen molar-refractivity contribution in [2.24, 2.45) is 11.8 Å². The molecule has 0 radical (unpaired) electrons. The molecule has 0 heterocycles. The molecular formula is C19H38O2Si. The molecule has 22 heavy (non-hydrogen) atoms. The normalized spacial score (nSPS) is 26.3. The van der Waals surface area contributed by atoms with Gasteiger partial charge in [0.1, 0.15) is 0 Å². The summed E-state index contributed by atoms with van der Waals surface area (Å²) in [5.74, 6) is 1.62. The third kappa shape index (κ3) is 5.97. The molecular weight excluding hydrogens is 288 g/mol. The summed E-state index contributed by atoms with van der Waals surface area (Å²) >= 11 is 0. The smallest absolute Gasteiger partial charge is 0.335 e. The van der Waals surface area contributed by atoms with Gasteiger partial charge < -0.3 is 8.85 Å². The SMILES string of the molecule is CCO[Si](C)(CC1CCCCCC1)OC(C)C1CCCCC1. The predicted octanol–water partition coefficient (Wildman–Crippen LogP) is 6.05. The van der Waals surface area contributed by atoms with Crippen LogP contribution in [0.25, 0.3) is 0 Å². The third-order valence-electron chi connectivity index (χ3n) is 5.83. The van der Waals surface area contributed by atoms with Crippen molar-refractivity contribution in [2.45, 2.75) is 103 Å². The van der Waals surface area contributed by atoms with Gasteiger partial charge in [-0.2, -0.15) is 0 Å². The fraction of sp³-hybridized carbons (Fsp3) is 1.00. The van der Waals surface area contributed by atoms with Crippen LogP contribution in [-0.2, 0) is 8.85 Å². The van der Waals surface area contributed by atoms with Crippen LogP contribution < -0.4 is 0 Å². The van der Waals surface area contributed by atoms with Crippen molar-refractivity contribution in [2.75, 3.05) is 6.61 Å². The van der Waals surface area contributed by atoms with Crippen molar-refractivity contribution in [1.29, 1.82) is 0 Å².